The summed E-state index contributed by atoms with van der Waals surface area (Å²) >= 11 is 0. The zero-order chi connectivity index (χ0) is 16.8. The largest absolute Gasteiger partial charge is 0.310 e. The first-order valence-electron chi connectivity index (χ1n) is 9.24. The summed E-state index contributed by atoms with van der Waals surface area (Å²) in [6, 6.07) is 22.9. The SMILES string of the molecule is CN(C)C(c1ccccc1)C1CCCCC1NCc1ccccc1. The Bertz CT molecular complexity index is 594. The van der Waals surface area contributed by atoms with Crippen LogP contribution in [0.1, 0.15) is 42.9 Å². The van der Waals surface area contributed by atoms with Crippen molar-refractivity contribution in [1.29, 1.82) is 0 Å². The van der Waals surface area contributed by atoms with Crippen LogP contribution < -0.4 is 5.32 Å². The molecule has 1 saturated carbocycles. The summed E-state index contributed by atoms with van der Waals surface area (Å²) < 4.78 is 0. The van der Waals surface area contributed by atoms with E-state index in [1.165, 1.54) is 36.8 Å². The molecule has 1 fully saturated rings. The van der Waals surface area contributed by atoms with Crippen LogP contribution in [0.5, 0.6) is 0 Å². The van der Waals surface area contributed by atoms with Crippen molar-refractivity contribution in [2.45, 2.75) is 44.3 Å². The quantitative estimate of drug-likeness (QED) is 0.833. The monoisotopic (exact) mass is 322 g/mol. The van der Waals surface area contributed by atoms with Gasteiger partial charge in [-0.2, -0.15) is 0 Å². The van der Waals surface area contributed by atoms with Gasteiger partial charge in [0.2, 0.25) is 0 Å². The van der Waals surface area contributed by atoms with E-state index in [1.807, 2.05) is 0 Å². The normalized spacial score (nSPS) is 22.5. The average molecular weight is 322 g/mol. The number of hydrogen-bond donors (Lipinski definition) is 1. The van der Waals surface area contributed by atoms with Crippen LogP contribution in [0.2, 0.25) is 0 Å². The molecule has 3 unspecified atom stereocenters. The molecule has 3 atom stereocenters. The van der Waals surface area contributed by atoms with Gasteiger partial charge < -0.3 is 10.2 Å². The third-order valence-corrected chi connectivity index (χ3v) is 5.33. The lowest BCUT2D eigenvalue weighted by Gasteiger charge is -2.41. The molecule has 0 amide bonds. The van der Waals surface area contributed by atoms with Gasteiger partial charge in [-0.3, -0.25) is 0 Å². The Morgan fingerprint density at radius 1 is 0.917 bits per heavy atom. The number of hydrogen-bond acceptors (Lipinski definition) is 2. The van der Waals surface area contributed by atoms with Crippen LogP contribution >= 0.6 is 0 Å². The molecule has 0 saturated heterocycles. The van der Waals surface area contributed by atoms with E-state index in [0.717, 1.165) is 6.54 Å². The second kappa shape index (κ2) is 8.46. The molecular weight excluding hydrogens is 292 g/mol. The molecule has 1 aliphatic carbocycles. The fraction of sp³-hybridized carbons (Fsp3) is 0.455. The zero-order valence-corrected chi connectivity index (χ0v) is 15.0. The summed E-state index contributed by atoms with van der Waals surface area (Å²) in [5.74, 6) is 0.667. The molecule has 0 aliphatic heterocycles. The first-order chi connectivity index (χ1) is 11.8. The van der Waals surface area contributed by atoms with Gasteiger partial charge in [0, 0.05) is 18.6 Å². The van der Waals surface area contributed by atoms with Gasteiger partial charge in [-0.25, -0.2) is 0 Å². The lowest BCUT2D eigenvalue weighted by atomic mass is 9.77. The molecule has 1 aliphatic rings. The minimum Gasteiger partial charge on any atom is -0.310 e. The molecule has 128 valence electrons. The first-order valence-corrected chi connectivity index (χ1v) is 9.24. The fourth-order valence-electron chi connectivity index (χ4n) is 4.21. The summed E-state index contributed by atoms with van der Waals surface area (Å²) in [5, 5.41) is 3.87. The van der Waals surface area contributed by atoms with Crippen molar-refractivity contribution in [2.24, 2.45) is 5.92 Å². The summed E-state index contributed by atoms with van der Waals surface area (Å²) in [7, 11) is 4.45. The Kier molecular flexibility index (Phi) is 6.06. The fourth-order valence-corrected chi connectivity index (χ4v) is 4.21. The third-order valence-electron chi connectivity index (χ3n) is 5.33. The van der Waals surface area contributed by atoms with E-state index in [-0.39, 0.29) is 0 Å². The molecule has 0 aromatic heterocycles. The van der Waals surface area contributed by atoms with Crippen LogP contribution in [0.25, 0.3) is 0 Å². The number of nitrogens with one attached hydrogen (secondary N) is 1. The molecule has 0 radical (unpaired) electrons. The van der Waals surface area contributed by atoms with E-state index in [2.05, 4.69) is 85.0 Å². The summed E-state index contributed by atoms with van der Waals surface area (Å²) in [5.41, 5.74) is 2.82. The lowest BCUT2D eigenvalue weighted by molar-refractivity contribution is 0.133. The van der Waals surface area contributed by atoms with E-state index >= 15 is 0 Å². The summed E-state index contributed by atoms with van der Waals surface area (Å²) in [6.07, 6.45) is 5.29. The van der Waals surface area contributed by atoms with Crippen molar-refractivity contribution < 1.29 is 0 Å². The molecule has 0 heterocycles. The van der Waals surface area contributed by atoms with Crippen LogP contribution in [-0.2, 0) is 6.54 Å². The second-order valence-corrected chi connectivity index (χ2v) is 7.24. The van der Waals surface area contributed by atoms with Gasteiger partial charge >= 0.3 is 0 Å². The van der Waals surface area contributed by atoms with Crippen LogP contribution in [-0.4, -0.2) is 25.0 Å². The van der Waals surface area contributed by atoms with Crippen LogP contribution in [0.3, 0.4) is 0 Å². The highest BCUT2D eigenvalue weighted by atomic mass is 15.1. The maximum atomic E-state index is 3.87. The number of rotatable bonds is 6. The van der Waals surface area contributed by atoms with Gasteiger partial charge in [0.15, 0.2) is 0 Å². The minimum atomic E-state index is 0.486. The lowest BCUT2D eigenvalue weighted by Crippen LogP contribution is -2.44. The van der Waals surface area contributed by atoms with E-state index in [9.17, 15) is 0 Å². The molecule has 1 N–H and O–H groups in total. The minimum absolute atomic E-state index is 0.486. The highest BCUT2D eigenvalue weighted by molar-refractivity contribution is 5.21. The molecule has 0 bridgehead atoms. The molecule has 2 heteroatoms. The standard InChI is InChI=1S/C22H30N2/c1-24(2)22(19-13-7-4-8-14-19)20-15-9-10-16-21(20)23-17-18-11-5-3-6-12-18/h3-8,11-14,20-23H,9-10,15-17H2,1-2H3. The number of benzene rings is 2. The van der Waals surface area contributed by atoms with Gasteiger partial charge in [-0.05, 0) is 44.0 Å². The molecule has 2 nitrogen and oxygen atoms in total. The molecule has 2 aromatic carbocycles. The van der Waals surface area contributed by atoms with Crippen molar-refractivity contribution in [2.75, 3.05) is 14.1 Å². The highest BCUT2D eigenvalue weighted by Gasteiger charge is 2.33. The van der Waals surface area contributed by atoms with Crippen molar-refractivity contribution in [3.63, 3.8) is 0 Å². The van der Waals surface area contributed by atoms with Gasteiger partial charge in [0.1, 0.15) is 0 Å². The summed E-state index contributed by atoms with van der Waals surface area (Å²) in [4.78, 5) is 2.41. The smallest absolute Gasteiger partial charge is 0.0385 e. The second-order valence-electron chi connectivity index (χ2n) is 7.24. The third kappa shape index (κ3) is 4.25. The Labute approximate surface area is 146 Å². The molecule has 24 heavy (non-hydrogen) atoms. The van der Waals surface area contributed by atoms with Crippen molar-refractivity contribution >= 4 is 0 Å². The van der Waals surface area contributed by atoms with Gasteiger partial charge in [0.25, 0.3) is 0 Å². The van der Waals surface area contributed by atoms with Gasteiger partial charge in [-0.15, -0.1) is 0 Å². The average Bonchev–Trinajstić information content (AvgIpc) is 2.63. The van der Waals surface area contributed by atoms with E-state index in [4.69, 9.17) is 0 Å². The Morgan fingerprint density at radius 3 is 2.21 bits per heavy atom. The molecule has 2 aromatic rings. The Morgan fingerprint density at radius 2 is 1.54 bits per heavy atom. The zero-order valence-electron chi connectivity index (χ0n) is 15.0. The topological polar surface area (TPSA) is 15.3 Å². The maximum absolute atomic E-state index is 3.87. The van der Waals surface area contributed by atoms with Crippen LogP contribution in [0.15, 0.2) is 60.7 Å². The van der Waals surface area contributed by atoms with Crippen molar-refractivity contribution in [3.8, 4) is 0 Å². The molecular formula is C22H30N2. The predicted octanol–water partition coefficient (Wildman–Crippen LogP) is 4.64. The maximum Gasteiger partial charge on any atom is 0.0385 e. The molecule has 0 spiro atoms. The van der Waals surface area contributed by atoms with E-state index < -0.39 is 0 Å². The van der Waals surface area contributed by atoms with Gasteiger partial charge in [-0.1, -0.05) is 73.5 Å². The summed E-state index contributed by atoms with van der Waals surface area (Å²) in [6.45, 7) is 0.969. The molecule has 3 rings (SSSR count). The Balaban J connectivity index is 1.74. The highest BCUT2D eigenvalue weighted by Crippen LogP contribution is 2.37. The van der Waals surface area contributed by atoms with E-state index in [1.54, 1.807) is 0 Å². The first kappa shape index (κ1) is 17.2. The Hall–Kier alpha value is -1.64. The number of nitrogens with zero attached hydrogens (tertiary/aromatic N) is 1. The van der Waals surface area contributed by atoms with E-state index in [0.29, 0.717) is 18.0 Å². The van der Waals surface area contributed by atoms with Crippen LogP contribution in [0.4, 0.5) is 0 Å². The van der Waals surface area contributed by atoms with Gasteiger partial charge in [0.05, 0.1) is 0 Å². The predicted molar refractivity (Wildman–Crippen MR) is 102 cm³/mol. The van der Waals surface area contributed by atoms with Crippen molar-refractivity contribution in [1.82, 2.24) is 10.2 Å². The van der Waals surface area contributed by atoms with Crippen molar-refractivity contribution in [3.05, 3.63) is 71.8 Å². The van der Waals surface area contributed by atoms with Crippen LogP contribution in [0, 0.1) is 5.92 Å².